The van der Waals surface area contributed by atoms with Crippen molar-refractivity contribution in [2.45, 2.75) is 53.6 Å². The molecule has 3 saturated carbocycles. The lowest BCUT2D eigenvalue weighted by molar-refractivity contribution is -0.143. The van der Waals surface area contributed by atoms with Crippen LogP contribution in [0.1, 0.15) is 41.5 Å². The molecule has 2 saturated heterocycles. The molecular weight excluding hydrogens is 468 g/mol. The Kier molecular flexibility index (Phi) is 10.8. The molecule has 6 rings (SSSR count). The van der Waals surface area contributed by atoms with Crippen LogP contribution in [0.15, 0.2) is 4.99 Å². The molecule has 0 aromatic heterocycles. The second kappa shape index (κ2) is 11.9. The summed E-state index contributed by atoms with van der Waals surface area (Å²) in [6.07, 6.45) is 2.13. The van der Waals surface area contributed by atoms with Gasteiger partial charge in [-0.05, 0) is 52.4 Å². The third kappa shape index (κ3) is 5.86. The van der Waals surface area contributed by atoms with Crippen LogP contribution in [-0.4, -0.2) is 75.4 Å². The van der Waals surface area contributed by atoms with E-state index in [-0.39, 0.29) is 30.5 Å². The Morgan fingerprint density at radius 2 is 1.46 bits per heavy atom. The molecule has 3 heterocycles. The fraction of sp³-hybridized carbons (Fsp3) is 0.885. The van der Waals surface area contributed by atoms with E-state index in [0.717, 1.165) is 51.6 Å². The molecule has 9 heteroatoms. The Morgan fingerprint density at radius 1 is 0.943 bits per heavy atom. The Bertz CT molecular complexity index is 795. The zero-order valence-electron chi connectivity index (χ0n) is 22.8. The molecule has 0 radical (unpaired) electrons. The van der Waals surface area contributed by atoms with Gasteiger partial charge in [-0.3, -0.25) is 9.79 Å². The molecule has 5 fully saturated rings. The molecule has 0 aromatic carbocycles. The van der Waals surface area contributed by atoms with Crippen LogP contribution >= 0.6 is 12.4 Å². The number of fused-ring (bicyclic) bond motifs is 3. The first-order valence-corrected chi connectivity index (χ1v) is 12.3. The van der Waals surface area contributed by atoms with Gasteiger partial charge in [-0.2, -0.15) is 5.26 Å². The van der Waals surface area contributed by atoms with E-state index >= 15 is 0 Å². The van der Waals surface area contributed by atoms with Gasteiger partial charge in [-0.15, -0.1) is 12.4 Å². The first kappa shape index (κ1) is 31.8. The lowest BCUT2D eigenvalue weighted by Gasteiger charge is -2.16. The van der Waals surface area contributed by atoms with Crippen LogP contribution in [0.3, 0.4) is 0 Å². The number of nitrogens with zero attached hydrogens (tertiary/aromatic N) is 2. The quantitative estimate of drug-likeness (QED) is 0.395. The minimum absolute atomic E-state index is 0. The third-order valence-electron chi connectivity index (χ3n) is 9.41. The number of rotatable bonds is 1. The van der Waals surface area contributed by atoms with E-state index in [2.05, 4.69) is 69.5 Å². The summed E-state index contributed by atoms with van der Waals surface area (Å²) in [5.41, 5.74) is 1.41. The van der Waals surface area contributed by atoms with Crippen LogP contribution in [0.5, 0.6) is 0 Å². The van der Waals surface area contributed by atoms with Crippen LogP contribution in [-0.2, 0) is 9.53 Å². The van der Waals surface area contributed by atoms with E-state index < -0.39 is 0 Å². The number of aliphatic imine (C=N–C) groups is 1. The number of nitriles is 1. The van der Waals surface area contributed by atoms with E-state index in [1.165, 1.54) is 7.11 Å². The maximum Gasteiger partial charge on any atom is 0.323 e. The SMILES string of the molecule is CC1(C)C2C=NCC21.CC1(C)C2CN[C@H](C#N)C21.CO.CO.COC(=O)[C@H]1NCC2C1C2(C)C.Cl. The van der Waals surface area contributed by atoms with Gasteiger partial charge in [0.05, 0.1) is 19.2 Å². The van der Waals surface area contributed by atoms with E-state index in [1.807, 2.05) is 0 Å². The minimum Gasteiger partial charge on any atom is -0.468 e. The maximum absolute atomic E-state index is 11.3. The van der Waals surface area contributed by atoms with Crippen LogP contribution in [0, 0.1) is 63.1 Å². The van der Waals surface area contributed by atoms with Crippen molar-refractivity contribution in [2.24, 2.45) is 56.7 Å². The average molecular weight is 515 g/mol. The molecule has 6 aliphatic rings. The summed E-state index contributed by atoms with van der Waals surface area (Å²) >= 11 is 0. The standard InChI is InChI=1S/C9H15NO2.C8H12N2.C7H11N.2CH4O.ClH/c1-9(2)5-4-10-7(6(5)9)8(11)12-3;1-8(2)5-4-10-6(3-9)7(5)8;1-7(2)5-3-8-4-6(5)7;2*1-2;/h5-7,10H,4H2,1-3H3;5-7,10H,4H2,1-2H3;3,5-6H,4H2,1-2H3;2*2H,1H3;1H/t5?,6?,7-;5?,6-,7?;;;;/m01..../s1. The summed E-state index contributed by atoms with van der Waals surface area (Å²) < 4.78 is 4.72. The van der Waals surface area contributed by atoms with Crippen molar-refractivity contribution in [1.82, 2.24) is 10.6 Å². The fourth-order valence-corrected chi connectivity index (χ4v) is 6.64. The predicted octanol–water partition coefficient (Wildman–Crippen LogP) is 2.14. The molecule has 4 N–H and O–H groups in total. The largest absolute Gasteiger partial charge is 0.468 e. The number of halogens is 1. The van der Waals surface area contributed by atoms with Gasteiger partial charge in [-0.25, -0.2) is 0 Å². The molecule has 0 spiro atoms. The second-order valence-corrected chi connectivity index (χ2v) is 11.8. The number of aliphatic hydroxyl groups excluding tert-OH is 2. The van der Waals surface area contributed by atoms with E-state index in [0.29, 0.717) is 34.0 Å². The van der Waals surface area contributed by atoms with Gasteiger partial charge in [-0.1, -0.05) is 41.5 Å². The monoisotopic (exact) mass is 514 g/mol. The molecule has 3 aliphatic carbocycles. The zero-order valence-corrected chi connectivity index (χ0v) is 23.6. The first-order valence-electron chi connectivity index (χ1n) is 12.3. The number of aliphatic hydroxyl groups is 2. The number of methoxy groups -OCH3 is 1. The summed E-state index contributed by atoms with van der Waals surface area (Å²) in [5.74, 6) is 4.24. The highest BCUT2D eigenvalue weighted by Crippen LogP contribution is 2.63. The highest BCUT2D eigenvalue weighted by molar-refractivity contribution is 5.85. The zero-order chi connectivity index (χ0) is 26.1. The van der Waals surface area contributed by atoms with Crippen molar-refractivity contribution < 1.29 is 19.7 Å². The van der Waals surface area contributed by atoms with Gasteiger partial charge in [0.2, 0.25) is 0 Å². The summed E-state index contributed by atoms with van der Waals surface area (Å²) in [6.45, 7) is 16.7. The fourth-order valence-electron chi connectivity index (χ4n) is 6.64. The van der Waals surface area contributed by atoms with Gasteiger partial charge in [0, 0.05) is 39.4 Å². The smallest absolute Gasteiger partial charge is 0.323 e. The first-order chi connectivity index (χ1) is 16.0. The van der Waals surface area contributed by atoms with E-state index in [4.69, 9.17) is 20.2 Å². The highest BCUT2D eigenvalue weighted by atomic mass is 35.5. The summed E-state index contributed by atoms with van der Waals surface area (Å²) in [4.78, 5) is 15.4. The number of piperidine rings is 2. The second-order valence-electron chi connectivity index (χ2n) is 11.8. The minimum atomic E-state index is -0.104. The van der Waals surface area contributed by atoms with Crippen molar-refractivity contribution in [3.05, 3.63) is 0 Å². The van der Waals surface area contributed by atoms with Crippen molar-refractivity contribution in [3.63, 3.8) is 0 Å². The van der Waals surface area contributed by atoms with Gasteiger partial charge in [0.15, 0.2) is 0 Å². The molecule has 0 bridgehead atoms. The lowest BCUT2D eigenvalue weighted by Crippen LogP contribution is -2.38. The molecule has 202 valence electrons. The summed E-state index contributed by atoms with van der Waals surface area (Å²) in [6, 6.07) is 2.39. The Labute approximate surface area is 217 Å². The molecule has 0 amide bonds. The molecule has 6 unspecified atom stereocenters. The summed E-state index contributed by atoms with van der Waals surface area (Å²) in [5, 5.41) is 29.1. The third-order valence-corrected chi connectivity index (χ3v) is 9.41. The van der Waals surface area contributed by atoms with Crippen molar-refractivity contribution in [1.29, 1.82) is 5.26 Å². The van der Waals surface area contributed by atoms with Gasteiger partial charge in [0.25, 0.3) is 0 Å². The number of hydrogen-bond donors (Lipinski definition) is 4. The number of carbonyl (C=O) groups is 1. The van der Waals surface area contributed by atoms with E-state index in [1.54, 1.807) is 0 Å². The van der Waals surface area contributed by atoms with E-state index in [9.17, 15) is 4.79 Å². The molecule has 0 aromatic rings. The number of nitrogens with one attached hydrogen (secondary N) is 2. The predicted molar refractivity (Wildman–Crippen MR) is 140 cm³/mol. The van der Waals surface area contributed by atoms with Crippen LogP contribution in [0.25, 0.3) is 0 Å². The Hall–Kier alpha value is -1.24. The number of esters is 1. The molecule has 8 nitrogen and oxygen atoms in total. The number of ether oxygens (including phenoxy) is 1. The van der Waals surface area contributed by atoms with Crippen LogP contribution in [0.2, 0.25) is 0 Å². The Morgan fingerprint density at radius 3 is 1.74 bits per heavy atom. The van der Waals surface area contributed by atoms with Crippen molar-refractivity contribution >= 4 is 24.6 Å². The van der Waals surface area contributed by atoms with Crippen LogP contribution < -0.4 is 10.6 Å². The van der Waals surface area contributed by atoms with Crippen LogP contribution in [0.4, 0.5) is 0 Å². The topological polar surface area (TPSA) is 127 Å². The van der Waals surface area contributed by atoms with Crippen molar-refractivity contribution in [3.8, 4) is 6.07 Å². The lowest BCUT2D eigenvalue weighted by atomic mass is 10.0. The maximum atomic E-state index is 11.3. The van der Waals surface area contributed by atoms with Gasteiger partial charge < -0.3 is 25.6 Å². The average Bonchev–Trinajstić information content (AvgIpc) is 3.47. The highest BCUT2D eigenvalue weighted by Gasteiger charge is 2.66. The molecular formula is C26H47ClN4O4. The Balaban J connectivity index is 0.000000245. The normalized spacial score (nSPS) is 39.1. The summed E-state index contributed by atoms with van der Waals surface area (Å²) in [7, 11) is 3.45. The number of carbonyl (C=O) groups excluding carboxylic acids is 1. The van der Waals surface area contributed by atoms with Crippen molar-refractivity contribution in [2.75, 3.05) is 41.0 Å². The number of hydrogen-bond acceptors (Lipinski definition) is 8. The van der Waals surface area contributed by atoms with Gasteiger partial charge >= 0.3 is 5.97 Å². The molecule has 3 aliphatic heterocycles. The van der Waals surface area contributed by atoms with Gasteiger partial charge in [0.1, 0.15) is 6.04 Å². The molecule has 8 atom stereocenters. The molecule has 35 heavy (non-hydrogen) atoms.